The highest BCUT2D eigenvalue weighted by Crippen LogP contribution is 2.27. The van der Waals surface area contributed by atoms with Crippen molar-refractivity contribution in [3.05, 3.63) is 64.7 Å². The summed E-state index contributed by atoms with van der Waals surface area (Å²) in [6.07, 6.45) is -1.13. The number of hydrogen-bond acceptors (Lipinski definition) is 5. The number of imide groups is 1. The van der Waals surface area contributed by atoms with E-state index >= 15 is 0 Å². The largest absolute Gasteiger partial charge is 0.449 e. The number of benzene rings is 2. The maximum absolute atomic E-state index is 12.2. The molecule has 0 radical (unpaired) electrons. The van der Waals surface area contributed by atoms with Crippen molar-refractivity contribution in [1.29, 1.82) is 0 Å². The Hall–Kier alpha value is -2.80. The van der Waals surface area contributed by atoms with Crippen LogP contribution in [-0.4, -0.2) is 24.0 Å². The number of nitrogens with two attached hydrogens (primary N) is 1. The Labute approximate surface area is 162 Å². The summed E-state index contributed by atoms with van der Waals surface area (Å²) in [5.74, 6) is -0.708. The minimum atomic E-state index is -1.13. The summed E-state index contributed by atoms with van der Waals surface area (Å²) >= 11 is 1.69. The molecule has 27 heavy (non-hydrogen) atoms. The zero-order valence-electron chi connectivity index (χ0n) is 15.4. The van der Waals surface area contributed by atoms with Crippen molar-refractivity contribution in [3.8, 4) is 0 Å². The van der Waals surface area contributed by atoms with Crippen molar-refractivity contribution in [3.63, 3.8) is 0 Å². The number of nitrogens with one attached hydrogen (secondary N) is 1. The molecule has 6 nitrogen and oxygen atoms in total. The topological polar surface area (TPSA) is 98.5 Å². The highest BCUT2D eigenvalue weighted by Gasteiger charge is 2.20. The van der Waals surface area contributed by atoms with Crippen LogP contribution >= 0.6 is 11.8 Å². The highest BCUT2D eigenvalue weighted by molar-refractivity contribution is 7.98. The molecule has 0 fully saturated rings. The van der Waals surface area contributed by atoms with Crippen LogP contribution in [0.15, 0.2) is 47.4 Å². The number of primary amides is 1. The number of hydrogen-bond donors (Lipinski definition) is 2. The van der Waals surface area contributed by atoms with E-state index in [2.05, 4.69) is 32.0 Å². The van der Waals surface area contributed by atoms with Crippen LogP contribution in [0.3, 0.4) is 0 Å². The van der Waals surface area contributed by atoms with E-state index < -0.39 is 24.0 Å². The number of thioether (sulfide) groups is 1. The smallest absolute Gasteiger partial charge is 0.338 e. The summed E-state index contributed by atoms with van der Waals surface area (Å²) < 4.78 is 5.08. The number of aryl methyl sites for hydroxylation is 2. The predicted molar refractivity (Wildman–Crippen MR) is 105 cm³/mol. The van der Waals surface area contributed by atoms with Crippen LogP contribution in [0.2, 0.25) is 0 Å². The Morgan fingerprint density at radius 2 is 1.89 bits per heavy atom. The van der Waals surface area contributed by atoms with E-state index in [0.29, 0.717) is 11.3 Å². The molecule has 2 rings (SSSR count). The molecular weight excluding hydrogens is 364 g/mol. The molecule has 0 bridgehead atoms. The van der Waals surface area contributed by atoms with Gasteiger partial charge in [-0.25, -0.2) is 9.59 Å². The Bertz CT molecular complexity index is 867. The summed E-state index contributed by atoms with van der Waals surface area (Å²) in [6, 6.07) is 12.3. The Kier molecular flexibility index (Phi) is 7.01. The van der Waals surface area contributed by atoms with Crippen molar-refractivity contribution in [2.75, 3.05) is 0 Å². The van der Waals surface area contributed by atoms with Gasteiger partial charge in [0.25, 0.3) is 5.91 Å². The molecule has 0 unspecified atom stereocenters. The summed E-state index contributed by atoms with van der Waals surface area (Å²) in [7, 11) is 0. The third-order valence-corrected chi connectivity index (χ3v) is 5.03. The average molecular weight is 386 g/mol. The fourth-order valence-corrected chi connectivity index (χ4v) is 3.37. The van der Waals surface area contributed by atoms with Gasteiger partial charge in [-0.2, -0.15) is 0 Å². The van der Waals surface area contributed by atoms with E-state index in [1.165, 1.54) is 22.9 Å². The fraction of sp³-hybridized carbons (Fsp3) is 0.250. The third kappa shape index (κ3) is 6.14. The monoisotopic (exact) mass is 386 g/mol. The van der Waals surface area contributed by atoms with Gasteiger partial charge in [-0.15, -0.1) is 11.8 Å². The zero-order valence-corrected chi connectivity index (χ0v) is 16.3. The maximum Gasteiger partial charge on any atom is 0.338 e. The van der Waals surface area contributed by atoms with Crippen molar-refractivity contribution >= 4 is 29.7 Å². The molecule has 0 aliphatic carbocycles. The quantitative estimate of drug-likeness (QED) is 0.586. The van der Waals surface area contributed by atoms with E-state index in [4.69, 9.17) is 10.5 Å². The molecule has 1 atom stereocenters. The predicted octanol–water partition coefficient (Wildman–Crippen LogP) is 3.34. The van der Waals surface area contributed by atoms with Crippen LogP contribution in [-0.2, 0) is 15.3 Å². The number of urea groups is 1. The van der Waals surface area contributed by atoms with Gasteiger partial charge in [0.15, 0.2) is 6.10 Å². The Balaban J connectivity index is 2.00. The SMILES string of the molecule is Cc1ccc(SCc2cccc(C(=O)O[C@H](C)C(=O)NC(N)=O)c2)c(C)c1. The molecule has 2 aromatic carbocycles. The van der Waals surface area contributed by atoms with Crippen LogP contribution in [0.5, 0.6) is 0 Å². The lowest BCUT2D eigenvalue weighted by atomic mass is 10.1. The summed E-state index contributed by atoms with van der Waals surface area (Å²) in [6.45, 7) is 5.50. The fourth-order valence-electron chi connectivity index (χ4n) is 2.42. The van der Waals surface area contributed by atoms with Crippen molar-refractivity contribution in [1.82, 2.24) is 5.32 Å². The van der Waals surface area contributed by atoms with Gasteiger partial charge in [0.1, 0.15) is 0 Å². The standard InChI is InChI=1S/C20H22N2O4S/c1-12-7-8-17(13(2)9-12)27-11-15-5-4-6-16(10-15)19(24)26-14(3)18(23)22-20(21)25/h4-10,14H,11H2,1-3H3,(H3,21,22,23,25)/t14-/m1/s1. The lowest BCUT2D eigenvalue weighted by molar-refractivity contribution is -0.127. The van der Waals surface area contributed by atoms with E-state index in [9.17, 15) is 14.4 Å². The van der Waals surface area contributed by atoms with E-state index in [-0.39, 0.29) is 0 Å². The van der Waals surface area contributed by atoms with E-state index in [1.807, 2.05) is 11.4 Å². The van der Waals surface area contributed by atoms with Crippen LogP contribution in [0.4, 0.5) is 4.79 Å². The molecule has 7 heteroatoms. The molecule has 0 aliphatic rings. The number of ether oxygens (including phenoxy) is 1. The van der Waals surface area contributed by atoms with Crippen molar-refractivity contribution in [2.45, 2.75) is 37.5 Å². The minimum Gasteiger partial charge on any atom is -0.449 e. The summed E-state index contributed by atoms with van der Waals surface area (Å²) in [5.41, 5.74) is 8.61. The van der Waals surface area contributed by atoms with Gasteiger partial charge in [-0.3, -0.25) is 10.1 Å². The molecule has 0 heterocycles. The molecule has 0 aromatic heterocycles. The lowest BCUT2D eigenvalue weighted by Crippen LogP contribution is -2.42. The molecular formula is C20H22N2O4S. The first-order valence-electron chi connectivity index (χ1n) is 8.36. The van der Waals surface area contributed by atoms with Crippen LogP contribution in [0.1, 0.15) is 34.0 Å². The van der Waals surface area contributed by atoms with Crippen molar-refractivity contribution in [2.24, 2.45) is 5.73 Å². The number of rotatable bonds is 6. The first kappa shape index (κ1) is 20.5. The maximum atomic E-state index is 12.2. The normalized spacial score (nSPS) is 11.5. The highest BCUT2D eigenvalue weighted by atomic mass is 32.2. The Morgan fingerprint density at radius 1 is 1.15 bits per heavy atom. The second-order valence-corrected chi connectivity index (χ2v) is 7.18. The van der Waals surface area contributed by atoms with E-state index in [0.717, 1.165) is 5.56 Å². The van der Waals surface area contributed by atoms with E-state index in [1.54, 1.807) is 30.0 Å². The van der Waals surface area contributed by atoms with Gasteiger partial charge in [-0.05, 0) is 50.1 Å². The van der Waals surface area contributed by atoms with Gasteiger partial charge in [0.2, 0.25) is 0 Å². The van der Waals surface area contributed by atoms with Gasteiger partial charge >= 0.3 is 12.0 Å². The number of amides is 3. The van der Waals surface area contributed by atoms with Crippen LogP contribution in [0.25, 0.3) is 0 Å². The van der Waals surface area contributed by atoms with Gasteiger partial charge in [0, 0.05) is 10.6 Å². The van der Waals surface area contributed by atoms with Gasteiger partial charge < -0.3 is 10.5 Å². The van der Waals surface area contributed by atoms with Crippen LogP contribution < -0.4 is 11.1 Å². The molecule has 3 amide bonds. The van der Waals surface area contributed by atoms with Gasteiger partial charge in [0.05, 0.1) is 5.56 Å². The molecule has 3 N–H and O–H groups in total. The van der Waals surface area contributed by atoms with Crippen molar-refractivity contribution < 1.29 is 19.1 Å². The first-order chi connectivity index (χ1) is 12.8. The second-order valence-electron chi connectivity index (χ2n) is 6.16. The Morgan fingerprint density at radius 3 is 2.56 bits per heavy atom. The molecule has 0 saturated carbocycles. The number of carbonyl (C=O) groups is 3. The number of esters is 1. The molecule has 2 aromatic rings. The average Bonchev–Trinajstić information content (AvgIpc) is 2.60. The second kappa shape index (κ2) is 9.23. The molecule has 0 aliphatic heterocycles. The molecule has 0 saturated heterocycles. The van der Waals surface area contributed by atoms with Gasteiger partial charge in [-0.1, -0.05) is 29.8 Å². The number of carbonyl (C=O) groups excluding carboxylic acids is 3. The first-order valence-corrected chi connectivity index (χ1v) is 9.35. The summed E-state index contributed by atoms with van der Waals surface area (Å²) in [5, 5.41) is 1.88. The lowest BCUT2D eigenvalue weighted by Gasteiger charge is -2.12. The molecule has 0 spiro atoms. The third-order valence-electron chi connectivity index (χ3n) is 3.79. The summed E-state index contributed by atoms with van der Waals surface area (Å²) in [4.78, 5) is 35.7. The van der Waals surface area contributed by atoms with Crippen LogP contribution in [0, 0.1) is 13.8 Å². The zero-order chi connectivity index (χ0) is 20.0. The minimum absolute atomic E-state index is 0.340. The molecule has 142 valence electrons.